The minimum atomic E-state index is -0.236. The average molecular weight is 301 g/mol. The van der Waals surface area contributed by atoms with E-state index >= 15 is 0 Å². The minimum Gasteiger partial charge on any atom is -0.497 e. The van der Waals surface area contributed by atoms with Crippen molar-refractivity contribution < 1.29 is 9.13 Å². The van der Waals surface area contributed by atoms with Crippen molar-refractivity contribution in [1.29, 1.82) is 0 Å². The highest BCUT2D eigenvalue weighted by molar-refractivity contribution is 7.98. The Hall–Kier alpha value is -1.96. The highest BCUT2D eigenvalue weighted by Crippen LogP contribution is 2.26. The molecule has 108 valence electrons. The van der Waals surface area contributed by atoms with E-state index in [-0.39, 0.29) is 12.4 Å². The predicted octanol–water partition coefficient (Wildman–Crippen LogP) is 3.44. The molecule has 0 atom stereocenters. The summed E-state index contributed by atoms with van der Waals surface area (Å²) in [6, 6.07) is 12.7. The van der Waals surface area contributed by atoms with Gasteiger partial charge in [0.15, 0.2) is 0 Å². The van der Waals surface area contributed by atoms with Crippen LogP contribution in [0, 0.1) is 17.7 Å². The van der Waals surface area contributed by atoms with Gasteiger partial charge in [0.25, 0.3) is 0 Å². The molecule has 0 bridgehead atoms. The number of hydrogen-bond acceptors (Lipinski definition) is 3. The van der Waals surface area contributed by atoms with Gasteiger partial charge in [0.1, 0.15) is 11.6 Å². The Balaban J connectivity index is 2.02. The van der Waals surface area contributed by atoms with Crippen LogP contribution >= 0.6 is 11.8 Å². The largest absolute Gasteiger partial charge is 0.497 e. The molecule has 0 aliphatic carbocycles. The lowest BCUT2D eigenvalue weighted by Crippen LogP contribution is -1.94. The zero-order valence-corrected chi connectivity index (χ0v) is 12.5. The van der Waals surface area contributed by atoms with Crippen LogP contribution in [0.2, 0.25) is 0 Å². The Bertz CT molecular complexity index is 659. The van der Waals surface area contributed by atoms with E-state index in [4.69, 9.17) is 10.5 Å². The number of ether oxygens (including phenoxy) is 1. The molecule has 0 fully saturated rings. The molecular weight excluding hydrogens is 285 g/mol. The van der Waals surface area contributed by atoms with Crippen molar-refractivity contribution in [2.45, 2.75) is 10.6 Å². The van der Waals surface area contributed by atoms with Gasteiger partial charge in [-0.2, -0.15) is 0 Å². The van der Waals surface area contributed by atoms with Crippen LogP contribution in [0.25, 0.3) is 0 Å². The number of benzene rings is 2. The van der Waals surface area contributed by atoms with E-state index in [1.54, 1.807) is 24.9 Å². The van der Waals surface area contributed by atoms with Gasteiger partial charge in [0.2, 0.25) is 0 Å². The zero-order chi connectivity index (χ0) is 15.1. The molecule has 4 heteroatoms. The van der Waals surface area contributed by atoms with E-state index in [0.29, 0.717) is 16.9 Å². The quantitative estimate of drug-likeness (QED) is 0.694. The van der Waals surface area contributed by atoms with Gasteiger partial charge in [-0.05, 0) is 42.0 Å². The standard InChI is InChI=1S/C17H16FNOS/c1-20-15-6-8-16(9-7-15)21-12-14-5-4-13(3-2-10-19)11-17(14)18/h4-9,11H,10,12,19H2,1H3. The third-order valence-electron chi connectivity index (χ3n) is 2.84. The van der Waals surface area contributed by atoms with Crippen molar-refractivity contribution >= 4 is 11.8 Å². The third kappa shape index (κ3) is 4.52. The molecule has 2 N–H and O–H groups in total. The van der Waals surface area contributed by atoms with Crippen molar-refractivity contribution in [3.63, 3.8) is 0 Å². The predicted molar refractivity (Wildman–Crippen MR) is 84.9 cm³/mol. The number of nitrogens with two attached hydrogens (primary N) is 1. The van der Waals surface area contributed by atoms with Crippen molar-refractivity contribution in [2.24, 2.45) is 5.73 Å². The van der Waals surface area contributed by atoms with Crippen molar-refractivity contribution in [3.8, 4) is 17.6 Å². The first-order valence-electron chi connectivity index (χ1n) is 6.47. The summed E-state index contributed by atoms with van der Waals surface area (Å²) < 4.78 is 19.1. The highest BCUT2D eigenvalue weighted by atomic mass is 32.2. The molecule has 2 rings (SSSR count). The monoisotopic (exact) mass is 301 g/mol. The van der Waals surface area contributed by atoms with Crippen LogP contribution in [0.4, 0.5) is 4.39 Å². The number of rotatable bonds is 4. The lowest BCUT2D eigenvalue weighted by atomic mass is 10.1. The summed E-state index contributed by atoms with van der Waals surface area (Å²) in [5.74, 6) is 6.69. The van der Waals surface area contributed by atoms with Crippen molar-refractivity contribution in [2.75, 3.05) is 13.7 Å². The molecule has 0 heterocycles. The first-order chi connectivity index (χ1) is 10.2. The number of hydrogen-bond donors (Lipinski definition) is 1. The fraction of sp³-hybridized carbons (Fsp3) is 0.176. The molecule has 0 amide bonds. The Morgan fingerprint density at radius 1 is 1.19 bits per heavy atom. The van der Waals surface area contributed by atoms with Crippen LogP contribution in [0.3, 0.4) is 0 Å². The normalized spacial score (nSPS) is 9.86. The lowest BCUT2D eigenvalue weighted by molar-refractivity contribution is 0.414. The summed E-state index contributed by atoms with van der Waals surface area (Å²) in [7, 11) is 1.63. The molecule has 0 radical (unpaired) electrons. The number of thioether (sulfide) groups is 1. The van der Waals surface area contributed by atoms with E-state index in [1.807, 2.05) is 30.3 Å². The Morgan fingerprint density at radius 3 is 2.57 bits per heavy atom. The maximum atomic E-state index is 14.0. The molecule has 0 spiro atoms. The second kappa shape index (κ2) is 7.72. The van der Waals surface area contributed by atoms with Crippen LogP contribution < -0.4 is 10.5 Å². The fourth-order valence-corrected chi connectivity index (χ4v) is 2.61. The molecule has 0 unspecified atom stereocenters. The van der Waals surface area contributed by atoms with Gasteiger partial charge in [0, 0.05) is 16.2 Å². The van der Waals surface area contributed by atoms with Crippen LogP contribution in [-0.2, 0) is 5.75 Å². The van der Waals surface area contributed by atoms with E-state index in [0.717, 1.165) is 10.6 Å². The van der Waals surface area contributed by atoms with Gasteiger partial charge in [-0.3, -0.25) is 0 Å². The van der Waals surface area contributed by atoms with Crippen molar-refractivity contribution in [3.05, 3.63) is 59.4 Å². The van der Waals surface area contributed by atoms with E-state index in [2.05, 4.69) is 11.8 Å². The van der Waals surface area contributed by atoms with Gasteiger partial charge in [-0.25, -0.2) is 4.39 Å². The minimum absolute atomic E-state index is 0.236. The summed E-state index contributed by atoms with van der Waals surface area (Å²) in [5.41, 5.74) is 6.61. The maximum absolute atomic E-state index is 14.0. The second-order valence-corrected chi connectivity index (χ2v) is 5.33. The summed E-state index contributed by atoms with van der Waals surface area (Å²) >= 11 is 1.58. The third-order valence-corrected chi connectivity index (χ3v) is 3.90. The Kier molecular flexibility index (Phi) is 5.68. The SMILES string of the molecule is COc1ccc(SCc2ccc(C#CCN)cc2F)cc1. The molecule has 2 aromatic carbocycles. The van der Waals surface area contributed by atoms with Crippen LogP contribution in [0.15, 0.2) is 47.4 Å². The van der Waals surface area contributed by atoms with Crippen LogP contribution in [0.1, 0.15) is 11.1 Å². The van der Waals surface area contributed by atoms with Gasteiger partial charge in [-0.1, -0.05) is 17.9 Å². The highest BCUT2D eigenvalue weighted by Gasteiger charge is 2.04. The topological polar surface area (TPSA) is 35.2 Å². The first kappa shape index (κ1) is 15.4. The molecular formula is C17H16FNOS. The average Bonchev–Trinajstić information content (AvgIpc) is 2.52. The first-order valence-corrected chi connectivity index (χ1v) is 7.45. The fourth-order valence-electron chi connectivity index (χ4n) is 1.73. The summed E-state index contributed by atoms with van der Waals surface area (Å²) in [5, 5.41) is 0. The summed E-state index contributed by atoms with van der Waals surface area (Å²) in [4.78, 5) is 1.07. The molecule has 0 aliphatic heterocycles. The smallest absolute Gasteiger partial charge is 0.128 e. The second-order valence-electron chi connectivity index (χ2n) is 4.28. The van der Waals surface area contributed by atoms with E-state index in [9.17, 15) is 4.39 Å². The zero-order valence-electron chi connectivity index (χ0n) is 11.7. The van der Waals surface area contributed by atoms with Crippen molar-refractivity contribution in [1.82, 2.24) is 0 Å². The molecule has 2 nitrogen and oxygen atoms in total. The van der Waals surface area contributed by atoms with Gasteiger partial charge in [0.05, 0.1) is 13.7 Å². The molecule has 2 aromatic rings. The van der Waals surface area contributed by atoms with Crippen LogP contribution in [-0.4, -0.2) is 13.7 Å². The van der Waals surface area contributed by atoms with E-state index in [1.165, 1.54) is 6.07 Å². The van der Waals surface area contributed by atoms with Crippen LogP contribution in [0.5, 0.6) is 5.75 Å². The molecule has 21 heavy (non-hydrogen) atoms. The van der Waals surface area contributed by atoms with Gasteiger partial charge >= 0.3 is 0 Å². The lowest BCUT2D eigenvalue weighted by Gasteiger charge is -2.05. The molecule has 0 aromatic heterocycles. The Labute approximate surface area is 128 Å². The Morgan fingerprint density at radius 2 is 1.95 bits per heavy atom. The van der Waals surface area contributed by atoms with Gasteiger partial charge in [-0.15, -0.1) is 11.8 Å². The maximum Gasteiger partial charge on any atom is 0.128 e. The number of halogens is 1. The van der Waals surface area contributed by atoms with Gasteiger partial charge < -0.3 is 10.5 Å². The number of methoxy groups -OCH3 is 1. The summed E-state index contributed by atoms with van der Waals surface area (Å²) in [6.45, 7) is 0.274. The molecule has 0 aliphatic rings. The molecule has 0 saturated heterocycles. The molecule has 0 saturated carbocycles. The summed E-state index contributed by atoms with van der Waals surface area (Å²) in [6.07, 6.45) is 0. The van der Waals surface area contributed by atoms with E-state index < -0.39 is 0 Å².